The molecule has 7 heteroatoms. The number of carbonyl (C=O) groups is 1. The summed E-state index contributed by atoms with van der Waals surface area (Å²) >= 11 is 0. The van der Waals surface area contributed by atoms with E-state index in [1.165, 1.54) is 10.4 Å². The predicted octanol–water partition coefficient (Wildman–Crippen LogP) is 1.39. The van der Waals surface area contributed by atoms with Crippen molar-refractivity contribution in [2.75, 3.05) is 24.2 Å². The molecular formula is C14H20N2O4S. The van der Waals surface area contributed by atoms with Crippen LogP contribution in [-0.2, 0) is 14.8 Å². The van der Waals surface area contributed by atoms with E-state index >= 15 is 0 Å². The lowest BCUT2D eigenvalue weighted by atomic mass is 9.98. The Hall–Kier alpha value is -1.60. The molecule has 2 rings (SSSR count). The number of phenols is 1. The van der Waals surface area contributed by atoms with Gasteiger partial charge in [0.05, 0.1) is 17.4 Å². The van der Waals surface area contributed by atoms with Gasteiger partial charge < -0.3 is 10.4 Å². The Bertz CT molecular complexity index is 615. The van der Waals surface area contributed by atoms with Gasteiger partial charge in [-0.3, -0.25) is 4.79 Å². The largest absolute Gasteiger partial charge is 0.506 e. The number of aromatic hydroxyl groups is 1. The lowest BCUT2D eigenvalue weighted by Crippen LogP contribution is -2.44. The zero-order chi connectivity index (χ0) is 15.5. The number of hydrogen-bond acceptors (Lipinski definition) is 4. The minimum atomic E-state index is -3.26. The molecule has 21 heavy (non-hydrogen) atoms. The minimum absolute atomic E-state index is 0.000282. The third-order valence-electron chi connectivity index (χ3n) is 3.68. The number of amides is 1. The summed E-state index contributed by atoms with van der Waals surface area (Å²) in [6, 6.07) is 6.48. The molecule has 0 unspecified atom stereocenters. The van der Waals surface area contributed by atoms with Crippen LogP contribution in [0.3, 0.4) is 0 Å². The van der Waals surface area contributed by atoms with Crippen LogP contribution in [0.4, 0.5) is 5.69 Å². The molecule has 0 bridgehead atoms. The summed E-state index contributed by atoms with van der Waals surface area (Å²) in [6.45, 7) is 2.27. The van der Waals surface area contributed by atoms with Crippen molar-refractivity contribution >= 4 is 21.6 Å². The van der Waals surface area contributed by atoms with Crippen molar-refractivity contribution in [3.8, 4) is 5.75 Å². The van der Waals surface area contributed by atoms with E-state index in [-0.39, 0.29) is 29.9 Å². The number of rotatable bonds is 4. The normalized spacial score (nSPS) is 20.1. The van der Waals surface area contributed by atoms with E-state index < -0.39 is 10.0 Å². The molecule has 0 saturated carbocycles. The van der Waals surface area contributed by atoms with Gasteiger partial charge in [0.25, 0.3) is 0 Å². The number of para-hydroxylation sites is 2. The van der Waals surface area contributed by atoms with Crippen molar-refractivity contribution in [3.63, 3.8) is 0 Å². The zero-order valence-corrected chi connectivity index (χ0v) is 12.8. The highest BCUT2D eigenvalue weighted by Gasteiger charge is 2.31. The molecule has 1 saturated heterocycles. The average Bonchev–Trinajstić information content (AvgIpc) is 2.49. The lowest BCUT2D eigenvalue weighted by molar-refractivity contribution is -0.120. The Kier molecular flexibility index (Phi) is 4.84. The molecule has 1 amide bonds. The Morgan fingerprint density at radius 3 is 2.81 bits per heavy atom. The maximum Gasteiger partial charge on any atom is 0.228 e. The SMILES string of the molecule is CCS(=O)(=O)N1CCC[C@H](C(=O)Nc2ccccc2O)C1. The summed E-state index contributed by atoms with van der Waals surface area (Å²) in [7, 11) is -3.26. The smallest absolute Gasteiger partial charge is 0.228 e. The molecule has 6 nitrogen and oxygen atoms in total. The number of benzene rings is 1. The molecule has 1 aliphatic rings. The fourth-order valence-corrected chi connectivity index (χ4v) is 3.59. The van der Waals surface area contributed by atoms with E-state index in [2.05, 4.69) is 5.32 Å². The van der Waals surface area contributed by atoms with Crippen molar-refractivity contribution in [2.24, 2.45) is 5.92 Å². The molecule has 2 N–H and O–H groups in total. The van der Waals surface area contributed by atoms with E-state index in [1.54, 1.807) is 25.1 Å². The number of nitrogens with zero attached hydrogens (tertiary/aromatic N) is 1. The summed E-state index contributed by atoms with van der Waals surface area (Å²) in [5.74, 6) is -0.604. The van der Waals surface area contributed by atoms with Gasteiger partial charge in [-0.2, -0.15) is 0 Å². The molecule has 1 fully saturated rings. The van der Waals surface area contributed by atoms with E-state index in [1.807, 2.05) is 0 Å². The number of phenolic OH excluding ortho intramolecular Hbond substituents is 1. The number of piperidine rings is 1. The summed E-state index contributed by atoms with van der Waals surface area (Å²) < 4.78 is 25.2. The van der Waals surface area contributed by atoms with Crippen molar-refractivity contribution in [2.45, 2.75) is 19.8 Å². The van der Waals surface area contributed by atoms with Crippen LogP contribution in [0.25, 0.3) is 0 Å². The van der Waals surface area contributed by atoms with Crippen LogP contribution < -0.4 is 5.32 Å². The van der Waals surface area contributed by atoms with Gasteiger partial charge in [0.2, 0.25) is 15.9 Å². The van der Waals surface area contributed by atoms with Crippen LogP contribution in [0.2, 0.25) is 0 Å². The highest BCUT2D eigenvalue weighted by Crippen LogP contribution is 2.25. The summed E-state index contributed by atoms with van der Waals surface area (Å²) in [5, 5.41) is 12.3. The Morgan fingerprint density at radius 2 is 2.14 bits per heavy atom. The Morgan fingerprint density at radius 1 is 1.43 bits per heavy atom. The standard InChI is InChI=1S/C14H20N2O4S/c1-2-21(19,20)16-9-5-6-11(10-16)14(18)15-12-7-3-4-8-13(12)17/h3-4,7-8,11,17H,2,5-6,9-10H2,1H3,(H,15,18)/t11-/m0/s1. The molecule has 0 spiro atoms. The van der Waals surface area contributed by atoms with Gasteiger partial charge in [0.15, 0.2) is 0 Å². The first-order valence-electron chi connectivity index (χ1n) is 7.00. The molecule has 1 atom stereocenters. The number of nitrogens with one attached hydrogen (secondary N) is 1. The van der Waals surface area contributed by atoms with E-state index in [4.69, 9.17) is 0 Å². The third kappa shape index (κ3) is 3.74. The molecule has 0 aliphatic carbocycles. The monoisotopic (exact) mass is 312 g/mol. The average molecular weight is 312 g/mol. The number of anilines is 1. The Labute approximate surface area is 124 Å². The molecule has 0 aromatic heterocycles. The van der Waals surface area contributed by atoms with Gasteiger partial charge in [-0.15, -0.1) is 0 Å². The molecule has 1 aliphatic heterocycles. The van der Waals surface area contributed by atoms with Gasteiger partial charge in [-0.1, -0.05) is 12.1 Å². The number of carbonyl (C=O) groups excluding carboxylic acids is 1. The Balaban J connectivity index is 2.05. The molecule has 1 heterocycles. The second kappa shape index (κ2) is 6.44. The summed E-state index contributed by atoms with van der Waals surface area (Å²) in [4.78, 5) is 12.2. The molecule has 0 radical (unpaired) electrons. The minimum Gasteiger partial charge on any atom is -0.506 e. The van der Waals surface area contributed by atoms with Gasteiger partial charge in [0, 0.05) is 13.1 Å². The maximum absolute atomic E-state index is 12.2. The van der Waals surface area contributed by atoms with Crippen LogP contribution in [-0.4, -0.2) is 42.6 Å². The topological polar surface area (TPSA) is 86.7 Å². The van der Waals surface area contributed by atoms with Crippen LogP contribution >= 0.6 is 0 Å². The van der Waals surface area contributed by atoms with Gasteiger partial charge in [0.1, 0.15) is 5.75 Å². The highest BCUT2D eigenvalue weighted by molar-refractivity contribution is 7.89. The number of sulfonamides is 1. The molecule has 1 aromatic carbocycles. The second-order valence-electron chi connectivity index (χ2n) is 5.10. The maximum atomic E-state index is 12.2. The first kappa shape index (κ1) is 15.8. The second-order valence-corrected chi connectivity index (χ2v) is 7.36. The van der Waals surface area contributed by atoms with Gasteiger partial charge >= 0.3 is 0 Å². The highest BCUT2D eigenvalue weighted by atomic mass is 32.2. The third-order valence-corrected chi connectivity index (χ3v) is 5.52. The van der Waals surface area contributed by atoms with Crippen LogP contribution in [0.5, 0.6) is 5.75 Å². The molecular weight excluding hydrogens is 292 g/mol. The van der Waals surface area contributed by atoms with Gasteiger partial charge in [-0.25, -0.2) is 12.7 Å². The lowest BCUT2D eigenvalue weighted by Gasteiger charge is -2.30. The van der Waals surface area contributed by atoms with Crippen molar-refractivity contribution in [1.29, 1.82) is 0 Å². The van der Waals surface area contributed by atoms with Crippen molar-refractivity contribution in [1.82, 2.24) is 4.31 Å². The zero-order valence-electron chi connectivity index (χ0n) is 11.9. The first-order chi connectivity index (χ1) is 9.94. The van der Waals surface area contributed by atoms with Crippen LogP contribution in [0.1, 0.15) is 19.8 Å². The predicted molar refractivity (Wildman–Crippen MR) is 80.5 cm³/mol. The van der Waals surface area contributed by atoms with Crippen molar-refractivity contribution in [3.05, 3.63) is 24.3 Å². The van der Waals surface area contributed by atoms with E-state index in [9.17, 15) is 18.3 Å². The quantitative estimate of drug-likeness (QED) is 0.823. The van der Waals surface area contributed by atoms with Crippen LogP contribution in [0, 0.1) is 5.92 Å². The fraction of sp³-hybridized carbons (Fsp3) is 0.500. The summed E-state index contributed by atoms with van der Waals surface area (Å²) in [6.07, 6.45) is 1.31. The van der Waals surface area contributed by atoms with Gasteiger partial charge in [-0.05, 0) is 31.9 Å². The van der Waals surface area contributed by atoms with Crippen LogP contribution in [0.15, 0.2) is 24.3 Å². The number of hydrogen-bond donors (Lipinski definition) is 2. The van der Waals surface area contributed by atoms with Crippen molar-refractivity contribution < 1.29 is 18.3 Å². The summed E-state index contributed by atoms with van der Waals surface area (Å²) in [5.41, 5.74) is 0.345. The first-order valence-corrected chi connectivity index (χ1v) is 8.61. The van der Waals surface area contributed by atoms with E-state index in [0.29, 0.717) is 25.1 Å². The van der Waals surface area contributed by atoms with E-state index in [0.717, 1.165) is 0 Å². The fourth-order valence-electron chi connectivity index (χ4n) is 2.41. The molecule has 1 aromatic rings. The molecule has 116 valence electrons.